The van der Waals surface area contributed by atoms with Crippen molar-refractivity contribution in [1.29, 1.82) is 0 Å². The molecule has 1 aliphatic heterocycles. The van der Waals surface area contributed by atoms with Gasteiger partial charge in [-0.15, -0.1) is 11.3 Å². The van der Waals surface area contributed by atoms with E-state index in [-0.39, 0.29) is 11.9 Å². The van der Waals surface area contributed by atoms with Gasteiger partial charge in [0.15, 0.2) is 5.13 Å². The molecule has 88 valence electrons. The average Bonchev–Trinajstić information content (AvgIpc) is 2.81. The lowest BCUT2D eigenvalue weighted by Gasteiger charge is -2.33. The molecule has 1 aromatic heterocycles. The summed E-state index contributed by atoms with van der Waals surface area (Å²) in [5, 5.41) is 5.45. The summed E-state index contributed by atoms with van der Waals surface area (Å²) in [7, 11) is 0. The average molecular weight is 239 g/mol. The number of amides is 1. The van der Waals surface area contributed by atoms with Gasteiger partial charge in [-0.3, -0.25) is 9.69 Å². The Labute approximate surface area is 99.7 Å². The summed E-state index contributed by atoms with van der Waals surface area (Å²) in [5.41, 5.74) is 0. The molecule has 1 fully saturated rings. The van der Waals surface area contributed by atoms with Crippen LogP contribution < -0.4 is 5.32 Å². The summed E-state index contributed by atoms with van der Waals surface area (Å²) in [6.07, 6.45) is 5.02. The Morgan fingerprint density at radius 1 is 1.69 bits per heavy atom. The number of carbonyl (C=O) groups is 1. The molecule has 0 aliphatic carbocycles. The van der Waals surface area contributed by atoms with E-state index in [2.05, 4.69) is 22.1 Å². The summed E-state index contributed by atoms with van der Waals surface area (Å²) in [6, 6.07) is 0.0302. The van der Waals surface area contributed by atoms with Gasteiger partial charge in [-0.1, -0.05) is 13.3 Å². The van der Waals surface area contributed by atoms with Gasteiger partial charge in [-0.2, -0.15) is 0 Å². The SMILES string of the molecule is CCN1CCCCC1C(=O)Nc1nccs1. The lowest BCUT2D eigenvalue weighted by atomic mass is 10.0. The summed E-state index contributed by atoms with van der Waals surface area (Å²) >= 11 is 1.46. The molecule has 0 radical (unpaired) electrons. The highest BCUT2D eigenvalue weighted by Gasteiger charge is 2.27. The number of hydrogen-bond donors (Lipinski definition) is 1. The van der Waals surface area contributed by atoms with Crippen LogP contribution in [0.2, 0.25) is 0 Å². The Morgan fingerprint density at radius 2 is 2.56 bits per heavy atom. The maximum Gasteiger partial charge on any atom is 0.243 e. The van der Waals surface area contributed by atoms with E-state index in [4.69, 9.17) is 0 Å². The van der Waals surface area contributed by atoms with Gasteiger partial charge in [-0.05, 0) is 25.9 Å². The number of nitrogens with zero attached hydrogens (tertiary/aromatic N) is 2. The normalized spacial score (nSPS) is 21.9. The number of likely N-dealkylation sites (N-methyl/N-ethyl adjacent to an activating group) is 1. The van der Waals surface area contributed by atoms with Crippen molar-refractivity contribution in [3.8, 4) is 0 Å². The fourth-order valence-corrected chi connectivity index (χ4v) is 2.67. The molecule has 0 saturated carbocycles. The van der Waals surface area contributed by atoms with E-state index in [0.29, 0.717) is 5.13 Å². The van der Waals surface area contributed by atoms with E-state index in [0.717, 1.165) is 25.9 Å². The molecule has 1 amide bonds. The molecular weight excluding hydrogens is 222 g/mol. The molecule has 1 aromatic rings. The van der Waals surface area contributed by atoms with Crippen LogP contribution in [-0.2, 0) is 4.79 Å². The molecule has 2 rings (SSSR count). The maximum atomic E-state index is 12.0. The predicted molar refractivity (Wildman–Crippen MR) is 65.6 cm³/mol. The number of rotatable bonds is 3. The first kappa shape index (κ1) is 11.5. The van der Waals surface area contributed by atoms with Gasteiger partial charge in [0.05, 0.1) is 6.04 Å². The molecule has 5 heteroatoms. The van der Waals surface area contributed by atoms with E-state index in [1.165, 1.54) is 17.8 Å². The first-order valence-electron chi connectivity index (χ1n) is 5.75. The lowest BCUT2D eigenvalue weighted by Crippen LogP contribution is -2.46. The smallest absolute Gasteiger partial charge is 0.243 e. The van der Waals surface area contributed by atoms with Crippen LogP contribution in [0.3, 0.4) is 0 Å². The van der Waals surface area contributed by atoms with Crippen molar-refractivity contribution in [3.05, 3.63) is 11.6 Å². The Balaban J connectivity index is 1.97. The lowest BCUT2D eigenvalue weighted by molar-refractivity contribution is -0.122. The molecule has 0 spiro atoms. The van der Waals surface area contributed by atoms with Gasteiger partial charge in [0, 0.05) is 11.6 Å². The first-order valence-corrected chi connectivity index (χ1v) is 6.63. The van der Waals surface area contributed by atoms with Crippen molar-refractivity contribution in [2.45, 2.75) is 32.2 Å². The van der Waals surface area contributed by atoms with Gasteiger partial charge >= 0.3 is 0 Å². The first-order chi connectivity index (χ1) is 7.81. The largest absolute Gasteiger partial charge is 0.301 e. The summed E-state index contributed by atoms with van der Waals surface area (Å²) < 4.78 is 0. The number of thiazole rings is 1. The highest BCUT2D eigenvalue weighted by Crippen LogP contribution is 2.19. The second-order valence-corrected chi connectivity index (χ2v) is 4.86. The maximum absolute atomic E-state index is 12.0. The second kappa shape index (κ2) is 5.41. The van der Waals surface area contributed by atoms with E-state index in [9.17, 15) is 4.79 Å². The third-order valence-corrected chi connectivity index (χ3v) is 3.67. The molecule has 4 nitrogen and oxygen atoms in total. The molecular formula is C11H17N3OS. The third-order valence-electron chi connectivity index (χ3n) is 2.98. The molecule has 2 heterocycles. The number of likely N-dealkylation sites (tertiary alicyclic amines) is 1. The highest BCUT2D eigenvalue weighted by molar-refractivity contribution is 7.13. The molecule has 1 N–H and O–H groups in total. The van der Waals surface area contributed by atoms with E-state index >= 15 is 0 Å². The Hall–Kier alpha value is -0.940. The van der Waals surface area contributed by atoms with E-state index in [1.807, 2.05) is 5.38 Å². The molecule has 1 aliphatic rings. The fraction of sp³-hybridized carbons (Fsp3) is 0.636. The molecule has 1 atom stereocenters. The van der Waals surface area contributed by atoms with Crippen molar-refractivity contribution < 1.29 is 4.79 Å². The number of carbonyl (C=O) groups excluding carboxylic acids is 1. The highest BCUT2D eigenvalue weighted by atomic mass is 32.1. The fourth-order valence-electron chi connectivity index (χ4n) is 2.14. The van der Waals surface area contributed by atoms with Crippen LogP contribution >= 0.6 is 11.3 Å². The molecule has 0 aromatic carbocycles. The van der Waals surface area contributed by atoms with Crippen molar-refractivity contribution in [1.82, 2.24) is 9.88 Å². The van der Waals surface area contributed by atoms with Crippen LogP contribution in [0.25, 0.3) is 0 Å². The van der Waals surface area contributed by atoms with E-state index in [1.54, 1.807) is 6.20 Å². The van der Waals surface area contributed by atoms with Gasteiger partial charge in [-0.25, -0.2) is 4.98 Å². The van der Waals surface area contributed by atoms with Crippen LogP contribution in [0.4, 0.5) is 5.13 Å². The molecule has 1 saturated heterocycles. The van der Waals surface area contributed by atoms with Gasteiger partial charge in [0.25, 0.3) is 0 Å². The quantitative estimate of drug-likeness (QED) is 0.877. The van der Waals surface area contributed by atoms with Crippen LogP contribution in [0, 0.1) is 0 Å². The second-order valence-electron chi connectivity index (χ2n) is 3.97. The number of nitrogens with one attached hydrogen (secondary N) is 1. The number of anilines is 1. The number of aromatic nitrogens is 1. The Morgan fingerprint density at radius 3 is 3.25 bits per heavy atom. The van der Waals surface area contributed by atoms with Crippen molar-refractivity contribution >= 4 is 22.4 Å². The van der Waals surface area contributed by atoms with Gasteiger partial charge in [0.2, 0.25) is 5.91 Å². The van der Waals surface area contributed by atoms with Crippen molar-refractivity contribution in [3.63, 3.8) is 0 Å². The standard InChI is InChI=1S/C11H17N3OS/c1-2-14-7-4-3-5-9(14)10(15)13-11-12-6-8-16-11/h6,8-9H,2-5,7H2,1H3,(H,12,13,15). The Bertz CT molecular complexity index is 339. The number of piperidine rings is 1. The topological polar surface area (TPSA) is 45.2 Å². The van der Waals surface area contributed by atoms with Crippen molar-refractivity contribution in [2.24, 2.45) is 0 Å². The molecule has 16 heavy (non-hydrogen) atoms. The van der Waals surface area contributed by atoms with Crippen LogP contribution in [0.15, 0.2) is 11.6 Å². The van der Waals surface area contributed by atoms with Gasteiger partial charge < -0.3 is 5.32 Å². The zero-order valence-corrected chi connectivity index (χ0v) is 10.3. The predicted octanol–water partition coefficient (Wildman–Crippen LogP) is 1.96. The van der Waals surface area contributed by atoms with Crippen LogP contribution in [-0.4, -0.2) is 34.9 Å². The monoisotopic (exact) mass is 239 g/mol. The minimum atomic E-state index is 0.0302. The van der Waals surface area contributed by atoms with E-state index < -0.39 is 0 Å². The van der Waals surface area contributed by atoms with Crippen LogP contribution in [0.5, 0.6) is 0 Å². The molecule has 1 unspecified atom stereocenters. The minimum absolute atomic E-state index is 0.0302. The zero-order valence-electron chi connectivity index (χ0n) is 9.48. The minimum Gasteiger partial charge on any atom is -0.301 e. The zero-order chi connectivity index (χ0) is 11.4. The third kappa shape index (κ3) is 2.59. The van der Waals surface area contributed by atoms with Crippen LogP contribution in [0.1, 0.15) is 26.2 Å². The molecule has 0 bridgehead atoms. The number of hydrogen-bond acceptors (Lipinski definition) is 4. The summed E-state index contributed by atoms with van der Waals surface area (Å²) in [4.78, 5) is 18.4. The summed E-state index contributed by atoms with van der Waals surface area (Å²) in [5.74, 6) is 0.0940. The Kier molecular flexibility index (Phi) is 3.90. The van der Waals surface area contributed by atoms with Gasteiger partial charge in [0.1, 0.15) is 0 Å². The van der Waals surface area contributed by atoms with Crippen molar-refractivity contribution in [2.75, 3.05) is 18.4 Å². The summed E-state index contributed by atoms with van der Waals surface area (Å²) in [6.45, 7) is 4.08.